The molecule has 0 saturated carbocycles. The van der Waals surface area contributed by atoms with Crippen LogP contribution in [0.2, 0.25) is 0 Å². The number of benzene rings is 1. The van der Waals surface area contributed by atoms with Crippen LogP contribution in [0.5, 0.6) is 0 Å². The van der Waals surface area contributed by atoms with Gasteiger partial charge in [-0.05, 0) is 40.2 Å². The lowest BCUT2D eigenvalue weighted by atomic mass is 9.95. The van der Waals surface area contributed by atoms with Crippen molar-refractivity contribution in [3.63, 3.8) is 0 Å². The lowest BCUT2D eigenvalue weighted by molar-refractivity contribution is -0.180. The number of fused-ring (bicyclic) bond motifs is 1. The number of esters is 2. The second-order valence-electron chi connectivity index (χ2n) is 9.99. The number of hydrazine groups is 1. The quantitative estimate of drug-likeness (QED) is 0.189. The summed E-state index contributed by atoms with van der Waals surface area (Å²) in [7, 11) is 1.58. The van der Waals surface area contributed by atoms with Crippen molar-refractivity contribution in [1.29, 1.82) is 0 Å². The van der Waals surface area contributed by atoms with Crippen LogP contribution in [-0.4, -0.2) is 69.7 Å². The molecular weight excluding hydrogens is 460 g/mol. The summed E-state index contributed by atoms with van der Waals surface area (Å²) >= 11 is 1.40. The molecule has 2 saturated heterocycles. The molecule has 3 rings (SSSR count). The molecular formula is C23H32N4O6S. The van der Waals surface area contributed by atoms with Crippen molar-refractivity contribution in [2.45, 2.75) is 62.9 Å². The maximum atomic E-state index is 13.0. The summed E-state index contributed by atoms with van der Waals surface area (Å²) in [5.41, 5.74) is -0.0343. The highest BCUT2D eigenvalue weighted by Crippen LogP contribution is 2.51. The SMILES string of the molecule is CN(N)[C@@H](C(=O)N[C@H]1C(=O)N2[C@@H]1SC(C)(C)[C@@H]2C(=O)OCOC(=O)C(C)(C)C)c1ccccc1. The predicted octanol–water partition coefficient (Wildman–Crippen LogP) is 1.17. The molecule has 3 N–H and O–H groups in total. The molecule has 0 unspecified atom stereocenters. The Morgan fingerprint density at radius 2 is 1.82 bits per heavy atom. The van der Waals surface area contributed by atoms with Crippen molar-refractivity contribution in [2.75, 3.05) is 13.8 Å². The third-order valence-corrected chi connectivity index (χ3v) is 7.31. The lowest BCUT2D eigenvalue weighted by Crippen LogP contribution is -2.71. The molecule has 0 aromatic heterocycles. The van der Waals surface area contributed by atoms with Gasteiger partial charge in [0.05, 0.1) is 5.41 Å². The predicted molar refractivity (Wildman–Crippen MR) is 126 cm³/mol. The first kappa shape index (κ1) is 26.0. The highest BCUT2D eigenvalue weighted by Gasteiger charge is 2.64. The fourth-order valence-electron chi connectivity index (χ4n) is 4.00. The summed E-state index contributed by atoms with van der Waals surface area (Å²) < 4.78 is 9.51. The number of nitrogens with one attached hydrogen (secondary N) is 1. The van der Waals surface area contributed by atoms with Crippen molar-refractivity contribution in [1.82, 2.24) is 15.2 Å². The van der Waals surface area contributed by atoms with E-state index >= 15 is 0 Å². The van der Waals surface area contributed by atoms with Crippen LogP contribution < -0.4 is 11.2 Å². The molecule has 34 heavy (non-hydrogen) atoms. The molecule has 0 radical (unpaired) electrons. The van der Waals surface area contributed by atoms with Gasteiger partial charge in [0.2, 0.25) is 18.6 Å². The summed E-state index contributed by atoms with van der Waals surface area (Å²) in [6.07, 6.45) is 0. The van der Waals surface area contributed by atoms with Gasteiger partial charge in [0.25, 0.3) is 0 Å². The van der Waals surface area contributed by atoms with Gasteiger partial charge in [-0.15, -0.1) is 11.8 Å². The molecule has 2 fully saturated rings. The number of ether oxygens (including phenoxy) is 2. The molecule has 2 heterocycles. The van der Waals surface area contributed by atoms with Gasteiger partial charge in [-0.25, -0.2) is 9.80 Å². The van der Waals surface area contributed by atoms with Gasteiger partial charge in [-0.2, -0.15) is 0 Å². The van der Waals surface area contributed by atoms with E-state index in [-0.39, 0.29) is 5.91 Å². The molecule has 2 amide bonds. The second-order valence-corrected chi connectivity index (χ2v) is 11.8. The lowest BCUT2D eigenvalue weighted by Gasteiger charge is -2.44. The summed E-state index contributed by atoms with van der Waals surface area (Å²) in [6, 6.07) is 6.57. The fraction of sp³-hybridized carbons (Fsp3) is 0.565. The molecule has 4 atom stereocenters. The molecule has 11 heteroatoms. The number of hydrogen-bond donors (Lipinski definition) is 2. The van der Waals surface area contributed by atoms with Crippen molar-refractivity contribution in [3.8, 4) is 0 Å². The van der Waals surface area contributed by atoms with Gasteiger partial charge in [0, 0.05) is 11.8 Å². The summed E-state index contributed by atoms with van der Waals surface area (Å²) in [5.74, 6) is 3.97. The third-order valence-electron chi connectivity index (χ3n) is 5.74. The zero-order valence-corrected chi connectivity index (χ0v) is 21.0. The number of hydrogen-bond acceptors (Lipinski definition) is 9. The highest BCUT2D eigenvalue weighted by molar-refractivity contribution is 8.01. The van der Waals surface area contributed by atoms with Gasteiger partial charge in [-0.3, -0.25) is 20.2 Å². The first-order chi connectivity index (χ1) is 15.8. The van der Waals surface area contributed by atoms with Crippen LogP contribution >= 0.6 is 11.8 Å². The first-order valence-corrected chi connectivity index (χ1v) is 11.8. The van der Waals surface area contributed by atoms with Gasteiger partial charge < -0.3 is 19.7 Å². The Morgan fingerprint density at radius 3 is 2.38 bits per heavy atom. The maximum Gasteiger partial charge on any atom is 0.333 e. The average Bonchev–Trinajstić information content (AvgIpc) is 2.99. The minimum absolute atomic E-state index is 0.378. The molecule has 10 nitrogen and oxygen atoms in total. The second kappa shape index (κ2) is 9.55. The monoisotopic (exact) mass is 492 g/mol. The van der Waals surface area contributed by atoms with E-state index in [1.54, 1.807) is 52.1 Å². The Morgan fingerprint density at radius 1 is 1.21 bits per heavy atom. The van der Waals surface area contributed by atoms with E-state index in [1.165, 1.54) is 21.7 Å². The van der Waals surface area contributed by atoms with Gasteiger partial charge >= 0.3 is 11.9 Å². The number of likely N-dealkylation sites (N-methyl/N-ethyl adjacent to an activating group) is 1. The molecule has 0 spiro atoms. The van der Waals surface area contributed by atoms with E-state index in [4.69, 9.17) is 15.3 Å². The molecule has 1 aromatic rings. The smallest absolute Gasteiger partial charge is 0.333 e. The van der Waals surface area contributed by atoms with Gasteiger partial charge in [0.15, 0.2) is 0 Å². The zero-order chi connectivity index (χ0) is 25.4. The van der Waals surface area contributed by atoms with Crippen LogP contribution in [0.3, 0.4) is 0 Å². The fourth-order valence-corrected chi connectivity index (χ4v) is 5.62. The topological polar surface area (TPSA) is 131 Å². The van der Waals surface area contributed by atoms with Crippen molar-refractivity contribution in [2.24, 2.45) is 11.3 Å². The average molecular weight is 493 g/mol. The Balaban J connectivity index is 1.66. The zero-order valence-electron chi connectivity index (χ0n) is 20.2. The number of rotatable bonds is 7. The number of carbonyl (C=O) groups is 4. The molecule has 186 valence electrons. The Hall–Kier alpha value is -2.63. The standard InChI is InChI=1S/C23H32N4O6S/c1-22(2,3)21(31)33-12-32-20(30)16-23(4,5)34-19-14(18(29)27(16)19)25-17(28)15(26(6)24)13-10-8-7-9-11-13/h7-11,14-16,19H,12,24H2,1-6H3,(H,25,28)/t14-,15+,16-,19+/m0/s1. The number of nitrogens with zero attached hydrogens (tertiary/aromatic N) is 2. The highest BCUT2D eigenvalue weighted by atomic mass is 32.2. The van der Waals surface area contributed by atoms with Crippen LogP contribution in [0, 0.1) is 5.41 Å². The minimum atomic E-state index is -0.876. The van der Waals surface area contributed by atoms with Crippen molar-refractivity contribution in [3.05, 3.63) is 35.9 Å². The Kier molecular flexibility index (Phi) is 7.30. The largest absolute Gasteiger partial charge is 0.427 e. The maximum absolute atomic E-state index is 13.0. The number of β-lactam (4-membered cyclic amide) rings is 1. The molecule has 0 aliphatic carbocycles. The van der Waals surface area contributed by atoms with E-state index in [9.17, 15) is 19.2 Å². The van der Waals surface area contributed by atoms with Crippen LogP contribution in [0.25, 0.3) is 0 Å². The minimum Gasteiger partial charge on any atom is -0.427 e. The van der Waals surface area contributed by atoms with Gasteiger partial charge in [0.1, 0.15) is 23.5 Å². The normalized spacial score (nSPS) is 24.2. The molecule has 0 bridgehead atoms. The summed E-state index contributed by atoms with van der Waals surface area (Å²) in [4.78, 5) is 52.1. The van der Waals surface area contributed by atoms with Crippen molar-refractivity contribution >= 4 is 35.5 Å². The van der Waals surface area contributed by atoms with Gasteiger partial charge in [-0.1, -0.05) is 30.3 Å². The Labute approximate surface area is 203 Å². The number of thioether (sulfide) groups is 1. The number of amides is 2. The number of carbonyl (C=O) groups excluding carboxylic acids is 4. The summed E-state index contributed by atoms with van der Waals surface area (Å²) in [5, 5.41) is 3.65. The molecule has 2 aliphatic heterocycles. The number of nitrogens with two attached hydrogens (primary N) is 1. The summed E-state index contributed by atoms with van der Waals surface area (Å²) in [6.45, 7) is 8.20. The van der Waals surface area contributed by atoms with Crippen LogP contribution in [-0.2, 0) is 28.7 Å². The molecule has 1 aromatic carbocycles. The molecule has 2 aliphatic rings. The van der Waals surface area contributed by atoms with Crippen LogP contribution in [0.4, 0.5) is 0 Å². The van der Waals surface area contributed by atoms with E-state index in [0.29, 0.717) is 5.56 Å². The van der Waals surface area contributed by atoms with Crippen molar-refractivity contribution < 1.29 is 28.7 Å². The van der Waals surface area contributed by atoms with E-state index < -0.39 is 58.3 Å². The van der Waals surface area contributed by atoms with Crippen LogP contribution in [0.15, 0.2) is 30.3 Å². The first-order valence-electron chi connectivity index (χ1n) is 10.9. The van der Waals surface area contributed by atoms with E-state index in [1.807, 2.05) is 19.9 Å². The van der Waals surface area contributed by atoms with Crippen LogP contribution in [0.1, 0.15) is 46.2 Å². The Bertz CT molecular complexity index is 962. The van der Waals surface area contributed by atoms with E-state index in [0.717, 1.165) is 0 Å². The van der Waals surface area contributed by atoms with E-state index in [2.05, 4.69) is 5.32 Å². The third kappa shape index (κ3) is 5.06.